The monoisotopic (exact) mass is 467 g/mol. The van der Waals surface area contributed by atoms with E-state index in [1.807, 2.05) is 11.8 Å². The summed E-state index contributed by atoms with van der Waals surface area (Å²) in [6.07, 6.45) is 4.58. The normalized spacial score (nSPS) is 17.3. The van der Waals surface area contributed by atoms with Crippen molar-refractivity contribution in [3.63, 3.8) is 0 Å². The quantitative estimate of drug-likeness (QED) is 0.510. The SMILES string of the molecule is Cc1ccc(-n2c(SC(C)C(=O)N3CCc4sccc4C3)nnc2N2CCCCC2)cc1. The summed E-state index contributed by atoms with van der Waals surface area (Å²) in [4.78, 5) is 19.0. The largest absolute Gasteiger partial charge is 0.341 e. The molecule has 32 heavy (non-hydrogen) atoms. The number of anilines is 1. The summed E-state index contributed by atoms with van der Waals surface area (Å²) < 4.78 is 2.13. The van der Waals surface area contributed by atoms with Crippen molar-refractivity contribution in [2.24, 2.45) is 0 Å². The van der Waals surface area contributed by atoms with Crippen molar-refractivity contribution in [1.82, 2.24) is 19.7 Å². The van der Waals surface area contributed by atoms with E-state index in [1.165, 1.54) is 47.0 Å². The molecule has 1 saturated heterocycles. The Morgan fingerprint density at radius 1 is 1.06 bits per heavy atom. The molecule has 1 amide bonds. The summed E-state index contributed by atoms with van der Waals surface area (Å²) in [5.74, 6) is 1.06. The molecule has 1 fully saturated rings. The van der Waals surface area contributed by atoms with Gasteiger partial charge in [0, 0.05) is 31.1 Å². The van der Waals surface area contributed by atoms with Gasteiger partial charge in [-0.1, -0.05) is 29.5 Å². The molecule has 0 spiro atoms. The number of hydrogen-bond donors (Lipinski definition) is 0. The van der Waals surface area contributed by atoms with E-state index in [1.54, 1.807) is 11.3 Å². The minimum absolute atomic E-state index is 0.171. The first-order valence-electron chi connectivity index (χ1n) is 11.4. The predicted molar refractivity (Wildman–Crippen MR) is 131 cm³/mol. The maximum absolute atomic E-state index is 13.3. The lowest BCUT2D eigenvalue weighted by Gasteiger charge is -2.29. The Morgan fingerprint density at radius 3 is 2.62 bits per heavy atom. The molecule has 1 unspecified atom stereocenters. The average Bonchev–Trinajstić information content (AvgIpc) is 3.46. The number of fused-ring (bicyclic) bond motifs is 1. The highest BCUT2D eigenvalue weighted by atomic mass is 32.2. The van der Waals surface area contributed by atoms with Gasteiger partial charge in [-0.2, -0.15) is 0 Å². The van der Waals surface area contributed by atoms with Crippen molar-refractivity contribution in [3.8, 4) is 5.69 Å². The van der Waals surface area contributed by atoms with Crippen LogP contribution in [0.5, 0.6) is 0 Å². The fourth-order valence-corrected chi connectivity index (χ4v) is 6.30. The van der Waals surface area contributed by atoms with Crippen molar-refractivity contribution in [2.45, 2.75) is 56.5 Å². The van der Waals surface area contributed by atoms with Crippen LogP contribution < -0.4 is 4.90 Å². The van der Waals surface area contributed by atoms with Crippen LogP contribution in [0.4, 0.5) is 5.95 Å². The van der Waals surface area contributed by atoms with Crippen LogP contribution in [0, 0.1) is 6.92 Å². The molecule has 8 heteroatoms. The Hall–Kier alpha value is -2.32. The van der Waals surface area contributed by atoms with Crippen molar-refractivity contribution in [2.75, 3.05) is 24.5 Å². The molecule has 3 aromatic rings. The van der Waals surface area contributed by atoms with E-state index in [-0.39, 0.29) is 11.2 Å². The predicted octanol–water partition coefficient (Wildman–Crippen LogP) is 4.69. The zero-order valence-corrected chi connectivity index (χ0v) is 20.3. The third-order valence-electron chi connectivity index (χ3n) is 6.30. The minimum Gasteiger partial charge on any atom is -0.341 e. The molecule has 0 bridgehead atoms. The van der Waals surface area contributed by atoms with Gasteiger partial charge >= 0.3 is 0 Å². The highest BCUT2D eigenvalue weighted by Crippen LogP contribution is 2.32. The molecular weight excluding hydrogens is 438 g/mol. The molecule has 0 N–H and O–H groups in total. The number of thiophene rings is 1. The summed E-state index contributed by atoms with van der Waals surface area (Å²) in [6.45, 7) is 7.59. The summed E-state index contributed by atoms with van der Waals surface area (Å²) in [5, 5.41) is 11.8. The molecule has 1 aromatic carbocycles. The number of amides is 1. The molecular formula is C24H29N5OS2. The zero-order valence-electron chi connectivity index (χ0n) is 18.7. The van der Waals surface area contributed by atoms with Gasteiger partial charge in [-0.15, -0.1) is 21.5 Å². The topological polar surface area (TPSA) is 54.3 Å². The van der Waals surface area contributed by atoms with E-state index in [0.717, 1.165) is 42.8 Å². The Kier molecular flexibility index (Phi) is 6.24. The highest BCUT2D eigenvalue weighted by Gasteiger charge is 2.29. The van der Waals surface area contributed by atoms with Gasteiger partial charge in [0.2, 0.25) is 11.9 Å². The van der Waals surface area contributed by atoms with Crippen molar-refractivity contribution < 1.29 is 4.79 Å². The highest BCUT2D eigenvalue weighted by molar-refractivity contribution is 8.00. The van der Waals surface area contributed by atoms with Gasteiger partial charge in [0.1, 0.15) is 0 Å². The number of piperidine rings is 1. The lowest BCUT2D eigenvalue weighted by molar-refractivity contribution is -0.131. The van der Waals surface area contributed by atoms with Gasteiger partial charge in [0.25, 0.3) is 0 Å². The summed E-state index contributed by atoms with van der Waals surface area (Å²) in [5.41, 5.74) is 3.56. The second-order valence-corrected chi connectivity index (χ2v) is 10.9. The van der Waals surface area contributed by atoms with Gasteiger partial charge in [0.05, 0.1) is 10.9 Å². The number of nitrogens with zero attached hydrogens (tertiary/aromatic N) is 5. The van der Waals surface area contributed by atoms with Crippen LogP contribution in [0.25, 0.3) is 5.69 Å². The standard InChI is InChI=1S/C24H29N5OS2/c1-17-6-8-20(9-7-17)29-23(27-12-4-3-5-13-27)25-26-24(29)32-18(2)22(30)28-14-10-21-19(16-28)11-15-31-21/h6-9,11,15,18H,3-5,10,12-14,16H2,1-2H3. The van der Waals surface area contributed by atoms with Crippen LogP contribution in [0.3, 0.4) is 0 Å². The summed E-state index contributed by atoms with van der Waals surface area (Å²) >= 11 is 3.31. The number of carbonyl (C=O) groups excluding carboxylic acids is 1. The molecule has 5 rings (SSSR count). The van der Waals surface area contributed by atoms with Crippen molar-refractivity contribution >= 4 is 35.0 Å². The first-order valence-corrected chi connectivity index (χ1v) is 13.1. The third-order valence-corrected chi connectivity index (χ3v) is 8.35. The van der Waals surface area contributed by atoms with E-state index < -0.39 is 0 Å². The molecule has 168 valence electrons. The van der Waals surface area contributed by atoms with E-state index in [4.69, 9.17) is 0 Å². The molecule has 6 nitrogen and oxygen atoms in total. The molecule has 2 aliphatic heterocycles. The third kappa shape index (κ3) is 4.30. The van der Waals surface area contributed by atoms with Crippen LogP contribution in [0.1, 0.15) is 42.2 Å². The number of rotatable bonds is 5. The summed E-state index contributed by atoms with van der Waals surface area (Å²) in [6, 6.07) is 10.6. The van der Waals surface area contributed by atoms with Crippen LogP contribution >= 0.6 is 23.1 Å². The fraction of sp³-hybridized carbons (Fsp3) is 0.458. The van der Waals surface area contributed by atoms with Crippen LogP contribution in [-0.4, -0.2) is 50.5 Å². The zero-order chi connectivity index (χ0) is 22.1. The van der Waals surface area contributed by atoms with Crippen molar-refractivity contribution in [3.05, 3.63) is 51.7 Å². The number of benzene rings is 1. The van der Waals surface area contributed by atoms with Gasteiger partial charge < -0.3 is 9.80 Å². The van der Waals surface area contributed by atoms with Gasteiger partial charge in [-0.3, -0.25) is 9.36 Å². The molecule has 0 radical (unpaired) electrons. The minimum atomic E-state index is -0.224. The first-order chi connectivity index (χ1) is 15.6. The Balaban J connectivity index is 1.39. The van der Waals surface area contributed by atoms with E-state index in [0.29, 0.717) is 6.54 Å². The number of carbonyl (C=O) groups is 1. The molecule has 0 aliphatic carbocycles. The lowest BCUT2D eigenvalue weighted by Crippen LogP contribution is -2.39. The molecule has 2 aromatic heterocycles. The van der Waals surface area contributed by atoms with E-state index in [2.05, 4.69) is 62.3 Å². The van der Waals surface area contributed by atoms with Gasteiger partial charge in [-0.25, -0.2) is 0 Å². The second kappa shape index (κ2) is 9.27. The number of hydrogen-bond acceptors (Lipinski definition) is 6. The Bertz CT molecular complexity index is 1080. The van der Waals surface area contributed by atoms with E-state index >= 15 is 0 Å². The number of thioether (sulfide) groups is 1. The molecule has 4 heterocycles. The molecule has 1 atom stereocenters. The van der Waals surface area contributed by atoms with Crippen LogP contribution in [0.2, 0.25) is 0 Å². The number of aryl methyl sites for hydroxylation is 1. The number of aromatic nitrogens is 3. The second-order valence-electron chi connectivity index (χ2n) is 8.64. The van der Waals surface area contributed by atoms with Crippen LogP contribution in [-0.2, 0) is 17.8 Å². The van der Waals surface area contributed by atoms with Gasteiger partial charge in [-0.05, 0) is 68.7 Å². The van der Waals surface area contributed by atoms with Crippen molar-refractivity contribution in [1.29, 1.82) is 0 Å². The molecule has 2 aliphatic rings. The fourth-order valence-electron chi connectivity index (χ4n) is 4.46. The summed E-state index contributed by atoms with van der Waals surface area (Å²) in [7, 11) is 0. The van der Waals surface area contributed by atoms with E-state index in [9.17, 15) is 4.79 Å². The average molecular weight is 468 g/mol. The smallest absolute Gasteiger partial charge is 0.236 e. The van der Waals surface area contributed by atoms with Gasteiger partial charge in [0.15, 0.2) is 5.16 Å². The van der Waals surface area contributed by atoms with Crippen LogP contribution in [0.15, 0.2) is 40.9 Å². The maximum Gasteiger partial charge on any atom is 0.236 e. The first kappa shape index (κ1) is 21.5. The molecule has 0 saturated carbocycles. The Morgan fingerprint density at radius 2 is 1.84 bits per heavy atom. The Labute approximate surface area is 197 Å². The maximum atomic E-state index is 13.3. The lowest BCUT2D eigenvalue weighted by atomic mass is 10.1.